The Bertz CT molecular complexity index is 132. The van der Waals surface area contributed by atoms with Crippen LogP contribution in [0.3, 0.4) is 0 Å². The van der Waals surface area contributed by atoms with Gasteiger partial charge in [-0.1, -0.05) is 45.4 Å². The number of rotatable bonds is 12. The molecule has 0 radical (unpaired) electrons. The predicted octanol–water partition coefficient (Wildman–Crippen LogP) is 2.10. The fourth-order valence-electron chi connectivity index (χ4n) is 1.50. The molecule has 0 unspecified atom stereocenters. The summed E-state index contributed by atoms with van der Waals surface area (Å²) < 4.78 is 0. The van der Waals surface area contributed by atoms with Gasteiger partial charge in [-0.25, -0.2) is 0 Å². The summed E-state index contributed by atoms with van der Waals surface area (Å²) in [4.78, 5) is 17.2. The molecular weight excluding hydrogens is 212 g/mol. The van der Waals surface area contributed by atoms with Gasteiger partial charge in [-0.05, 0) is 6.42 Å². The van der Waals surface area contributed by atoms with Gasteiger partial charge in [0.05, 0.1) is 0 Å². The lowest BCUT2D eigenvalue weighted by Gasteiger charge is -2.12. The van der Waals surface area contributed by atoms with E-state index in [9.17, 15) is 0 Å². The van der Waals surface area contributed by atoms with E-state index < -0.39 is 6.29 Å². The van der Waals surface area contributed by atoms with Crippen molar-refractivity contribution in [3.8, 4) is 0 Å². The molecule has 0 aromatic carbocycles. The fourth-order valence-corrected chi connectivity index (χ4v) is 1.50. The van der Waals surface area contributed by atoms with Crippen LogP contribution in [0.1, 0.15) is 58.3 Å². The molecule has 0 aliphatic heterocycles. The van der Waals surface area contributed by atoms with Crippen LogP contribution < -0.4 is 11.8 Å². The van der Waals surface area contributed by atoms with Gasteiger partial charge in [0.25, 0.3) is 0 Å². The second-order valence-electron chi connectivity index (χ2n) is 3.72. The van der Waals surface area contributed by atoms with Crippen LogP contribution in [-0.2, 0) is 19.8 Å². The zero-order valence-electron chi connectivity index (χ0n) is 10.0. The number of nitrogens with two attached hydrogens (primary N) is 2. The molecule has 0 atom stereocenters. The lowest BCUT2D eigenvalue weighted by Crippen LogP contribution is -2.21. The number of hydrogen-bond acceptors (Lipinski definition) is 6. The first-order valence-corrected chi connectivity index (χ1v) is 5.89. The van der Waals surface area contributed by atoms with Gasteiger partial charge >= 0.3 is 0 Å². The third-order valence-electron chi connectivity index (χ3n) is 2.37. The maximum absolute atomic E-state index is 4.75. The van der Waals surface area contributed by atoms with Crippen LogP contribution in [0.5, 0.6) is 0 Å². The van der Waals surface area contributed by atoms with E-state index in [0.29, 0.717) is 6.42 Å². The SMILES string of the molecule is CCCCCCCCCC(OON)OON. The lowest BCUT2D eigenvalue weighted by molar-refractivity contribution is -0.468. The van der Waals surface area contributed by atoms with Crippen LogP contribution in [0.2, 0.25) is 0 Å². The van der Waals surface area contributed by atoms with Crippen molar-refractivity contribution in [2.75, 3.05) is 0 Å². The van der Waals surface area contributed by atoms with Crippen molar-refractivity contribution in [2.45, 2.75) is 64.6 Å². The van der Waals surface area contributed by atoms with Gasteiger partial charge in [-0.3, -0.25) is 0 Å². The molecule has 0 fully saturated rings. The van der Waals surface area contributed by atoms with E-state index in [0.717, 1.165) is 12.8 Å². The average Bonchev–Trinajstić information content (AvgIpc) is 2.28. The molecule has 0 amide bonds. The van der Waals surface area contributed by atoms with Crippen LogP contribution in [0.25, 0.3) is 0 Å². The van der Waals surface area contributed by atoms with Crippen molar-refractivity contribution >= 4 is 0 Å². The van der Waals surface area contributed by atoms with Crippen molar-refractivity contribution < 1.29 is 19.8 Å². The zero-order valence-corrected chi connectivity index (χ0v) is 10.0. The van der Waals surface area contributed by atoms with Gasteiger partial charge in [0.1, 0.15) is 0 Å². The van der Waals surface area contributed by atoms with E-state index in [4.69, 9.17) is 11.8 Å². The minimum Gasteiger partial charge on any atom is -0.183 e. The van der Waals surface area contributed by atoms with Crippen molar-refractivity contribution in [3.05, 3.63) is 0 Å². The maximum Gasteiger partial charge on any atom is 0.228 e. The summed E-state index contributed by atoms with van der Waals surface area (Å²) in [5.41, 5.74) is 0. The second-order valence-corrected chi connectivity index (χ2v) is 3.72. The van der Waals surface area contributed by atoms with Crippen molar-refractivity contribution in [1.82, 2.24) is 0 Å². The summed E-state index contributed by atoms with van der Waals surface area (Å²) in [7, 11) is 0. The predicted molar refractivity (Wildman–Crippen MR) is 59.1 cm³/mol. The normalized spacial score (nSPS) is 11.2. The molecule has 6 heteroatoms. The van der Waals surface area contributed by atoms with Crippen molar-refractivity contribution in [2.24, 2.45) is 11.8 Å². The summed E-state index contributed by atoms with van der Waals surface area (Å²) in [5, 5.41) is 0. The maximum atomic E-state index is 4.75. The summed E-state index contributed by atoms with van der Waals surface area (Å²) in [6.07, 6.45) is 8.47. The molecule has 0 heterocycles. The molecule has 0 aliphatic carbocycles. The molecule has 0 rings (SSSR count). The molecule has 0 saturated heterocycles. The standard InChI is InChI=1S/C10H24N2O4/c1-2-3-4-5-6-7-8-9-10(13-15-11)14-16-12/h10H,2-9,11-12H2,1H3. The Morgan fingerprint density at radius 2 is 1.31 bits per heavy atom. The largest absolute Gasteiger partial charge is 0.228 e. The summed E-state index contributed by atoms with van der Waals surface area (Å²) in [6, 6.07) is 0. The average molecular weight is 236 g/mol. The fraction of sp³-hybridized carbons (Fsp3) is 1.00. The van der Waals surface area contributed by atoms with Crippen molar-refractivity contribution in [3.63, 3.8) is 0 Å². The monoisotopic (exact) mass is 236 g/mol. The Labute approximate surface area is 96.9 Å². The molecule has 0 aliphatic rings. The minimum absolute atomic E-state index is 0.641. The Kier molecular flexibility index (Phi) is 12.6. The molecule has 6 nitrogen and oxygen atoms in total. The molecule has 0 aromatic heterocycles. The Morgan fingerprint density at radius 3 is 1.81 bits per heavy atom. The smallest absolute Gasteiger partial charge is 0.183 e. The van der Waals surface area contributed by atoms with Gasteiger partial charge in [0.2, 0.25) is 6.29 Å². The van der Waals surface area contributed by atoms with Gasteiger partial charge in [-0.2, -0.15) is 21.6 Å². The highest BCUT2D eigenvalue weighted by Gasteiger charge is 2.10. The highest BCUT2D eigenvalue weighted by Crippen LogP contribution is 2.11. The number of unbranched alkanes of at least 4 members (excludes halogenated alkanes) is 6. The molecular formula is C10H24N2O4. The molecule has 0 bridgehead atoms. The van der Waals surface area contributed by atoms with Gasteiger partial charge < -0.3 is 0 Å². The van der Waals surface area contributed by atoms with Crippen molar-refractivity contribution in [1.29, 1.82) is 0 Å². The Hall–Kier alpha value is -0.240. The Morgan fingerprint density at radius 1 is 0.812 bits per heavy atom. The third kappa shape index (κ3) is 10.3. The molecule has 98 valence electrons. The first-order chi connectivity index (χ1) is 7.85. The van der Waals surface area contributed by atoms with E-state index in [2.05, 4.69) is 26.7 Å². The minimum atomic E-state index is -0.661. The first kappa shape index (κ1) is 15.8. The summed E-state index contributed by atoms with van der Waals surface area (Å²) in [6.45, 7) is 2.21. The summed E-state index contributed by atoms with van der Waals surface area (Å²) >= 11 is 0. The molecule has 0 spiro atoms. The zero-order chi connectivity index (χ0) is 12.1. The van der Waals surface area contributed by atoms with E-state index in [1.165, 1.54) is 32.1 Å². The highest BCUT2D eigenvalue weighted by atomic mass is 17.3. The van der Waals surface area contributed by atoms with Crippen LogP contribution in [-0.4, -0.2) is 6.29 Å². The Balaban J connectivity index is 3.25. The summed E-state index contributed by atoms with van der Waals surface area (Å²) in [5.74, 6) is 9.49. The second kappa shape index (κ2) is 12.8. The highest BCUT2D eigenvalue weighted by molar-refractivity contribution is 4.47. The van der Waals surface area contributed by atoms with E-state index in [1.54, 1.807) is 0 Å². The van der Waals surface area contributed by atoms with E-state index >= 15 is 0 Å². The third-order valence-corrected chi connectivity index (χ3v) is 2.37. The molecule has 0 saturated carbocycles. The van der Waals surface area contributed by atoms with Gasteiger partial charge in [0, 0.05) is 6.42 Å². The topological polar surface area (TPSA) is 89.0 Å². The van der Waals surface area contributed by atoms with Gasteiger partial charge in [0.15, 0.2) is 0 Å². The van der Waals surface area contributed by atoms with Crippen LogP contribution in [0.4, 0.5) is 0 Å². The molecule has 0 aromatic rings. The van der Waals surface area contributed by atoms with E-state index in [-0.39, 0.29) is 0 Å². The molecule has 16 heavy (non-hydrogen) atoms. The first-order valence-electron chi connectivity index (χ1n) is 5.89. The lowest BCUT2D eigenvalue weighted by atomic mass is 10.1. The van der Waals surface area contributed by atoms with Crippen LogP contribution >= 0.6 is 0 Å². The quantitative estimate of drug-likeness (QED) is 0.233. The van der Waals surface area contributed by atoms with Crippen LogP contribution in [0, 0.1) is 0 Å². The molecule has 4 N–H and O–H groups in total. The van der Waals surface area contributed by atoms with Crippen LogP contribution in [0.15, 0.2) is 0 Å². The van der Waals surface area contributed by atoms with Gasteiger partial charge in [-0.15, -0.1) is 9.98 Å². The number of hydrogen-bond donors (Lipinski definition) is 2. The van der Waals surface area contributed by atoms with E-state index in [1.807, 2.05) is 0 Å².